The van der Waals surface area contributed by atoms with E-state index in [-0.39, 0.29) is 30.0 Å². The van der Waals surface area contributed by atoms with Gasteiger partial charge in [0.25, 0.3) is 0 Å². The van der Waals surface area contributed by atoms with Gasteiger partial charge in [-0.1, -0.05) is 32.0 Å². The van der Waals surface area contributed by atoms with Crippen molar-refractivity contribution in [2.45, 2.75) is 50.4 Å². The third kappa shape index (κ3) is 3.89. The van der Waals surface area contributed by atoms with Gasteiger partial charge in [0.15, 0.2) is 9.84 Å². The van der Waals surface area contributed by atoms with Gasteiger partial charge in [0, 0.05) is 7.11 Å². The van der Waals surface area contributed by atoms with Gasteiger partial charge in [0.1, 0.15) is 0 Å². The highest BCUT2D eigenvalue weighted by Crippen LogP contribution is 2.34. The zero-order valence-corrected chi connectivity index (χ0v) is 14.5. The first-order valence-corrected chi connectivity index (χ1v) is 9.46. The van der Waals surface area contributed by atoms with E-state index in [0.717, 1.165) is 6.42 Å². The van der Waals surface area contributed by atoms with Gasteiger partial charge in [-0.15, -0.1) is 0 Å². The van der Waals surface area contributed by atoms with E-state index in [4.69, 9.17) is 9.47 Å². The van der Waals surface area contributed by atoms with E-state index >= 15 is 0 Å². The van der Waals surface area contributed by atoms with Gasteiger partial charge >= 0.3 is 0 Å². The lowest BCUT2D eigenvalue weighted by Crippen LogP contribution is -2.31. The molecule has 1 heterocycles. The summed E-state index contributed by atoms with van der Waals surface area (Å²) < 4.78 is 36.4. The van der Waals surface area contributed by atoms with Crippen molar-refractivity contribution in [3.05, 3.63) is 30.3 Å². The molecule has 2 rings (SSSR count). The standard InChI is InChI=1S/C17H26O4S/c1-12-10-16(14(3)20-4)21-17(12)13(2)11-22(18,19)15-8-6-5-7-9-15/h5-9,12-14,16-17H,10-11H2,1-4H3/t12-,13-,14?,16+,17+/m0/s1. The third-order valence-corrected chi connectivity index (χ3v) is 6.49. The van der Waals surface area contributed by atoms with Crippen LogP contribution in [0, 0.1) is 11.8 Å². The average molecular weight is 326 g/mol. The lowest BCUT2D eigenvalue weighted by Gasteiger charge is -2.24. The van der Waals surface area contributed by atoms with Gasteiger partial charge in [-0.3, -0.25) is 0 Å². The van der Waals surface area contributed by atoms with E-state index < -0.39 is 9.84 Å². The van der Waals surface area contributed by atoms with E-state index in [0.29, 0.717) is 10.8 Å². The summed E-state index contributed by atoms with van der Waals surface area (Å²) >= 11 is 0. The third-order valence-electron chi connectivity index (χ3n) is 4.54. The minimum absolute atomic E-state index is 0.0328. The average Bonchev–Trinajstić information content (AvgIpc) is 2.89. The Kier molecular flexibility index (Phi) is 5.64. The number of rotatable bonds is 6. The van der Waals surface area contributed by atoms with Crippen molar-refractivity contribution in [3.63, 3.8) is 0 Å². The Hall–Kier alpha value is -0.910. The summed E-state index contributed by atoms with van der Waals surface area (Å²) in [6, 6.07) is 8.62. The zero-order valence-electron chi connectivity index (χ0n) is 13.7. The molecule has 0 spiro atoms. The molecule has 1 unspecified atom stereocenters. The smallest absolute Gasteiger partial charge is 0.178 e. The fraction of sp³-hybridized carbons (Fsp3) is 0.647. The summed E-state index contributed by atoms with van der Waals surface area (Å²) in [7, 11) is -1.60. The van der Waals surface area contributed by atoms with Crippen LogP contribution in [-0.2, 0) is 19.3 Å². The van der Waals surface area contributed by atoms with E-state index in [1.165, 1.54) is 0 Å². The molecule has 0 radical (unpaired) electrons. The molecule has 1 aromatic rings. The second-order valence-electron chi connectivity index (χ2n) is 6.36. The van der Waals surface area contributed by atoms with Crippen LogP contribution in [0.5, 0.6) is 0 Å². The van der Waals surface area contributed by atoms with E-state index in [1.807, 2.05) is 19.9 Å². The van der Waals surface area contributed by atoms with Crippen LogP contribution in [0.3, 0.4) is 0 Å². The quantitative estimate of drug-likeness (QED) is 0.806. The van der Waals surface area contributed by atoms with Gasteiger partial charge < -0.3 is 9.47 Å². The number of ether oxygens (including phenoxy) is 2. The predicted octanol–water partition coefficient (Wildman–Crippen LogP) is 2.92. The van der Waals surface area contributed by atoms with Crippen LogP contribution in [-0.4, -0.2) is 39.6 Å². The van der Waals surface area contributed by atoms with E-state index in [9.17, 15) is 8.42 Å². The van der Waals surface area contributed by atoms with Crippen molar-refractivity contribution in [2.24, 2.45) is 11.8 Å². The Morgan fingerprint density at radius 3 is 2.50 bits per heavy atom. The summed E-state index contributed by atoms with van der Waals surface area (Å²) in [6.45, 7) is 6.07. The molecular weight excluding hydrogens is 300 g/mol. The van der Waals surface area contributed by atoms with Crippen molar-refractivity contribution in [2.75, 3.05) is 12.9 Å². The molecule has 124 valence electrons. The van der Waals surface area contributed by atoms with Gasteiger partial charge in [-0.2, -0.15) is 0 Å². The summed E-state index contributed by atoms with van der Waals surface area (Å²) in [6.07, 6.45) is 0.952. The molecule has 0 saturated carbocycles. The Morgan fingerprint density at radius 1 is 1.27 bits per heavy atom. The SMILES string of the molecule is COC(C)[C@H]1C[C@H](C)[C@H]([C@@H](C)CS(=O)(=O)c2ccccc2)O1. The fourth-order valence-corrected chi connectivity index (χ4v) is 4.85. The first-order chi connectivity index (χ1) is 10.3. The molecule has 0 bridgehead atoms. The maximum atomic E-state index is 12.5. The Bertz CT molecular complexity index is 570. The molecule has 1 aromatic carbocycles. The highest BCUT2D eigenvalue weighted by molar-refractivity contribution is 7.91. The molecule has 1 fully saturated rings. The summed E-state index contributed by atoms with van der Waals surface area (Å²) in [5, 5.41) is 0. The lowest BCUT2D eigenvalue weighted by atomic mass is 9.93. The first-order valence-electron chi connectivity index (χ1n) is 7.81. The summed E-state index contributed by atoms with van der Waals surface area (Å²) in [4.78, 5) is 0.384. The highest BCUT2D eigenvalue weighted by Gasteiger charge is 2.39. The van der Waals surface area contributed by atoms with E-state index in [2.05, 4.69) is 6.92 Å². The van der Waals surface area contributed by atoms with Crippen molar-refractivity contribution in [1.29, 1.82) is 0 Å². The molecule has 5 atom stereocenters. The maximum absolute atomic E-state index is 12.5. The van der Waals surface area contributed by atoms with Crippen molar-refractivity contribution >= 4 is 9.84 Å². The van der Waals surface area contributed by atoms with Crippen molar-refractivity contribution in [1.82, 2.24) is 0 Å². The summed E-state index contributed by atoms with van der Waals surface area (Å²) in [5.41, 5.74) is 0. The van der Waals surface area contributed by atoms with Gasteiger partial charge in [-0.05, 0) is 37.3 Å². The molecule has 0 amide bonds. The first kappa shape index (κ1) is 17.4. The minimum Gasteiger partial charge on any atom is -0.379 e. The zero-order chi connectivity index (χ0) is 16.3. The molecule has 1 aliphatic rings. The van der Waals surface area contributed by atoms with E-state index in [1.54, 1.807) is 31.4 Å². The van der Waals surface area contributed by atoms with Gasteiger partial charge in [0.05, 0.1) is 29.0 Å². The normalized spacial score (nSPS) is 28.5. The highest BCUT2D eigenvalue weighted by atomic mass is 32.2. The van der Waals surface area contributed by atoms with Crippen molar-refractivity contribution in [3.8, 4) is 0 Å². The number of sulfone groups is 1. The molecule has 1 saturated heterocycles. The van der Waals surface area contributed by atoms with Crippen LogP contribution < -0.4 is 0 Å². The van der Waals surface area contributed by atoms with Crippen LogP contribution in [0.1, 0.15) is 27.2 Å². The fourth-order valence-electron chi connectivity index (χ4n) is 3.21. The topological polar surface area (TPSA) is 52.6 Å². The van der Waals surface area contributed by atoms with Crippen LogP contribution in [0.2, 0.25) is 0 Å². The summed E-state index contributed by atoms with van der Waals surface area (Å²) in [5.74, 6) is 0.401. The van der Waals surface area contributed by atoms with Crippen LogP contribution in [0.4, 0.5) is 0 Å². The second-order valence-corrected chi connectivity index (χ2v) is 8.40. The molecule has 0 aliphatic carbocycles. The molecule has 0 aromatic heterocycles. The van der Waals surface area contributed by atoms with Crippen molar-refractivity contribution < 1.29 is 17.9 Å². The largest absolute Gasteiger partial charge is 0.379 e. The number of hydrogen-bond donors (Lipinski definition) is 0. The van der Waals surface area contributed by atoms with Crippen LogP contribution in [0.25, 0.3) is 0 Å². The molecule has 4 nitrogen and oxygen atoms in total. The Labute approximate surface area is 133 Å². The molecular formula is C17H26O4S. The molecule has 1 aliphatic heterocycles. The van der Waals surface area contributed by atoms with Crippen LogP contribution in [0.15, 0.2) is 35.2 Å². The molecule has 22 heavy (non-hydrogen) atoms. The number of benzene rings is 1. The maximum Gasteiger partial charge on any atom is 0.178 e. The minimum atomic E-state index is -3.27. The van der Waals surface area contributed by atoms with Gasteiger partial charge in [0.2, 0.25) is 0 Å². The number of methoxy groups -OCH3 is 1. The Balaban J connectivity index is 2.05. The van der Waals surface area contributed by atoms with Crippen LogP contribution >= 0.6 is 0 Å². The molecule has 0 N–H and O–H groups in total. The second kappa shape index (κ2) is 7.11. The van der Waals surface area contributed by atoms with Gasteiger partial charge in [-0.25, -0.2) is 8.42 Å². The Morgan fingerprint density at radius 2 is 1.91 bits per heavy atom. The predicted molar refractivity (Wildman–Crippen MR) is 86.6 cm³/mol. The number of hydrogen-bond acceptors (Lipinski definition) is 4. The lowest BCUT2D eigenvalue weighted by molar-refractivity contribution is -0.0586. The monoisotopic (exact) mass is 326 g/mol. The molecule has 5 heteroatoms.